The van der Waals surface area contributed by atoms with Gasteiger partial charge in [0.05, 0.1) is 11.1 Å². The van der Waals surface area contributed by atoms with Crippen molar-refractivity contribution < 1.29 is 18.7 Å². The Hall–Kier alpha value is -2.60. The lowest BCUT2D eigenvalue weighted by atomic mass is 9.87. The monoisotopic (exact) mass is 460 g/mol. The molecular weight excluding hydrogens is 431 g/mol. The molecule has 2 aromatic carbocycles. The lowest BCUT2D eigenvalue weighted by Crippen LogP contribution is -2.42. The number of hydrogen-bond acceptors (Lipinski definition) is 3. The van der Waals surface area contributed by atoms with Crippen molar-refractivity contribution in [2.24, 2.45) is 5.92 Å². The molecule has 1 aliphatic heterocycles. The fourth-order valence-electron chi connectivity index (χ4n) is 3.85. The van der Waals surface area contributed by atoms with Gasteiger partial charge in [-0.1, -0.05) is 41.9 Å². The molecule has 1 unspecified atom stereocenters. The SMILES string of the molecule is CC(C)(C)OC(=O)N1CCC(CC(NC(=O)c2ccc(F)c(Cl)c2)c2ccccc2)CC1. The molecule has 7 heteroatoms. The molecule has 172 valence electrons. The Morgan fingerprint density at radius 2 is 1.81 bits per heavy atom. The lowest BCUT2D eigenvalue weighted by molar-refractivity contribution is 0.0178. The molecule has 0 spiro atoms. The van der Waals surface area contributed by atoms with Crippen molar-refractivity contribution in [2.75, 3.05) is 13.1 Å². The molecule has 1 N–H and O–H groups in total. The van der Waals surface area contributed by atoms with Crippen molar-refractivity contribution in [1.82, 2.24) is 10.2 Å². The average Bonchev–Trinajstić information content (AvgIpc) is 2.75. The van der Waals surface area contributed by atoms with Gasteiger partial charge in [-0.3, -0.25) is 4.79 Å². The Kier molecular flexibility index (Phi) is 7.77. The van der Waals surface area contributed by atoms with Crippen LogP contribution in [0.4, 0.5) is 9.18 Å². The summed E-state index contributed by atoms with van der Waals surface area (Å²) in [4.78, 5) is 26.9. The Labute approximate surface area is 193 Å². The summed E-state index contributed by atoms with van der Waals surface area (Å²) in [5.41, 5.74) is 0.806. The van der Waals surface area contributed by atoms with Crippen molar-refractivity contribution in [3.05, 3.63) is 70.5 Å². The highest BCUT2D eigenvalue weighted by Gasteiger charge is 2.29. The molecule has 0 aliphatic carbocycles. The number of nitrogens with one attached hydrogen (secondary N) is 1. The minimum Gasteiger partial charge on any atom is -0.444 e. The van der Waals surface area contributed by atoms with Crippen molar-refractivity contribution in [1.29, 1.82) is 0 Å². The van der Waals surface area contributed by atoms with Crippen LogP contribution in [0.15, 0.2) is 48.5 Å². The molecule has 0 saturated carbocycles. The van der Waals surface area contributed by atoms with E-state index in [4.69, 9.17) is 16.3 Å². The number of piperidine rings is 1. The Morgan fingerprint density at radius 1 is 1.16 bits per heavy atom. The fourth-order valence-corrected chi connectivity index (χ4v) is 4.03. The molecular formula is C25H30ClFN2O3. The second-order valence-corrected chi connectivity index (χ2v) is 9.62. The number of carbonyl (C=O) groups is 2. The number of nitrogens with zero attached hydrogens (tertiary/aromatic N) is 1. The third-order valence-electron chi connectivity index (χ3n) is 5.52. The fraction of sp³-hybridized carbons (Fsp3) is 0.440. The molecule has 0 bridgehead atoms. The zero-order valence-corrected chi connectivity index (χ0v) is 19.5. The predicted molar refractivity (Wildman–Crippen MR) is 123 cm³/mol. The van der Waals surface area contributed by atoms with E-state index in [1.54, 1.807) is 4.90 Å². The highest BCUT2D eigenvalue weighted by Crippen LogP contribution is 2.29. The summed E-state index contributed by atoms with van der Waals surface area (Å²) in [5, 5.41) is 3.00. The quantitative estimate of drug-likeness (QED) is 0.596. The van der Waals surface area contributed by atoms with Gasteiger partial charge in [-0.2, -0.15) is 0 Å². The predicted octanol–water partition coefficient (Wildman–Crippen LogP) is 5.99. The standard InChI is InChI=1S/C25H30ClFN2O3/c1-25(2,3)32-24(31)29-13-11-17(12-14-29)15-22(18-7-5-4-6-8-18)28-23(30)19-9-10-21(27)20(26)16-19/h4-10,16-17,22H,11-15H2,1-3H3,(H,28,30). The molecule has 5 nitrogen and oxygen atoms in total. The van der Waals surface area contributed by atoms with E-state index in [-0.39, 0.29) is 23.1 Å². The Balaban J connectivity index is 1.65. The molecule has 1 aliphatic rings. The van der Waals surface area contributed by atoms with Gasteiger partial charge in [-0.15, -0.1) is 0 Å². The molecule has 1 heterocycles. The highest BCUT2D eigenvalue weighted by atomic mass is 35.5. The van der Waals surface area contributed by atoms with Gasteiger partial charge in [-0.05, 0) is 69.7 Å². The summed E-state index contributed by atoms with van der Waals surface area (Å²) < 4.78 is 19.0. The zero-order valence-electron chi connectivity index (χ0n) is 18.7. The van der Waals surface area contributed by atoms with Crippen molar-refractivity contribution in [3.63, 3.8) is 0 Å². The van der Waals surface area contributed by atoms with Crippen LogP contribution in [-0.2, 0) is 4.74 Å². The minimum absolute atomic E-state index is 0.0802. The van der Waals surface area contributed by atoms with Crippen LogP contribution in [0.1, 0.15) is 62.0 Å². The second kappa shape index (κ2) is 10.3. The maximum absolute atomic E-state index is 13.5. The van der Waals surface area contributed by atoms with Crippen LogP contribution in [0.25, 0.3) is 0 Å². The normalized spacial score (nSPS) is 15.8. The molecule has 1 saturated heterocycles. The first-order valence-corrected chi connectivity index (χ1v) is 11.3. The van der Waals surface area contributed by atoms with E-state index >= 15 is 0 Å². The van der Waals surface area contributed by atoms with Gasteiger partial charge >= 0.3 is 6.09 Å². The second-order valence-electron chi connectivity index (χ2n) is 9.21. The van der Waals surface area contributed by atoms with Crippen LogP contribution >= 0.6 is 11.6 Å². The first-order valence-electron chi connectivity index (χ1n) is 10.9. The molecule has 3 rings (SSSR count). The smallest absolute Gasteiger partial charge is 0.410 e. The van der Waals surface area contributed by atoms with Gasteiger partial charge in [0.1, 0.15) is 11.4 Å². The summed E-state index contributed by atoms with van der Waals surface area (Å²) in [5.74, 6) is -0.512. The number of benzene rings is 2. The average molecular weight is 461 g/mol. The molecule has 1 fully saturated rings. The summed E-state index contributed by atoms with van der Waals surface area (Å²) in [6.45, 7) is 6.84. The van der Waals surface area contributed by atoms with E-state index in [1.807, 2.05) is 51.1 Å². The number of ether oxygens (including phenoxy) is 1. The van der Waals surface area contributed by atoms with Crippen LogP contribution < -0.4 is 5.32 Å². The van der Waals surface area contributed by atoms with Gasteiger partial charge in [0.15, 0.2) is 0 Å². The van der Waals surface area contributed by atoms with Gasteiger partial charge in [0, 0.05) is 18.7 Å². The van der Waals surface area contributed by atoms with Crippen LogP contribution in [0.2, 0.25) is 5.02 Å². The van der Waals surface area contributed by atoms with Gasteiger partial charge in [0.2, 0.25) is 0 Å². The van der Waals surface area contributed by atoms with Crippen LogP contribution in [-0.4, -0.2) is 35.6 Å². The first kappa shape index (κ1) is 24.1. The number of hydrogen-bond donors (Lipinski definition) is 1. The topological polar surface area (TPSA) is 58.6 Å². The Bertz CT molecular complexity index is 938. The van der Waals surface area contributed by atoms with Crippen molar-refractivity contribution in [2.45, 2.75) is 51.7 Å². The van der Waals surface area contributed by atoms with E-state index in [2.05, 4.69) is 5.32 Å². The van der Waals surface area contributed by atoms with E-state index in [0.717, 1.165) is 24.8 Å². The van der Waals surface area contributed by atoms with Crippen LogP contribution in [0.5, 0.6) is 0 Å². The van der Waals surface area contributed by atoms with E-state index < -0.39 is 11.4 Å². The van der Waals surface area contributed by atoms with Crippen molar-refractivity contribution in [3.8, 4) is 0 Å². The number of amides is 2. The van der Waals surface area contributed by atoms with Gasteiger partial charge in [0.25, 0.3) is 5.91 Å². The molecule has 0 radical (unpaired) electrons. The first-order chi connectivity index (χ1) is 15.1. The number of halogens is 2. The molecule has 1 atom stereocenters. The van der Waals surface area contributed by atoms with E-state index in [1.165, 1.54) is 18.2 Å². The van der Waals surface area contributed by atoms with E-state index in [9.17, 15) is 14.0 Å². The maximum Gasteiger partial charge on any atom is 0.410 e. The summed E-state index contributed by atoms with van der Waals surface area (Å²) in [7, 11) is 0. The van der Waals surface area contributed by atoms with Crippen molar-refractivity contribution >= 4 is 23.6 Å². The van der Waals surface area contributed by atoms with Crippen LogP contribution in [0.3, 0.4) is 0 Å². The maximum atomic E-state index is 13.5. The highest BCUT2D eigenvalue weighted by molar-refractivity contribution is 6.31. The zero-order chi connectivity index (χ0) is 23.3. The third kappa shape index (κ3) is 6.70. The largest absolute Gasteiger partial charge is 0.444 e. The summed E-state index contributed by atoms with van der Waals surface area (Å²) in [6.07, 6.45) is 2.13. The van der Waals surface area contributed by atoms with Gasteiger partial charge < -0.3 is 15.0 Å². The molecule has 2 aromatic rings. The Morgan fingerprint density at radius 3 is 2.41 bits per heavy atom. The number of carbonyl (C=O) groups excluding carboxylic acids is 2. The summed E-state index contributed by atoms with van der Waals surface area (Å²) >= 11 is 5.85. The minimum atomic E-state index is -0.556. The van der Waals surface area contributed by atoms with E-state index in [0.29, 0.717) is 24.6 Å². The molecule has 32 heavy (non-hydrogen) atoms. The third-order valence-corrected chi connectivity index (χ3v) is 5.81. The van der Waals surface area contributed by atoms with Crippen LogP contribution in [0, 0.1) is 11.7 Å². The number of likely N-dealkylation sites (tertiary alicyclic amines) is 1. The molecule has 2 amide bonds. The van der Waals surface area contributed by atoms with Gasteiger partial charge in [-0.25, -0.2) is 9.18 Å². The lowest BCUT2D eigenvalue weighted by Gasteiger charge is -2.35. The summed E-state index contributed by atoms with van der Waals surface area (Å²) in [6, 6.07) is 13.5. The number of rotatable bonds is 5. The molecule has 0 aromatic heterocycles.